The van der Waals surface area contributed by atoms with Crippen LogP contribution in [0.25, 0.3) is 33.5 Å². The van der Waals surface area contributed by atoms with Gasteiger partial charge in [0.15, 0.2) is 0 Å². The molecule has 4 rings (SSSR count). The molecule has 0 aliphatic carbocycles. The molecular formula is C19H17FN4O. The number of pyridine rings is 1. The molecule has 0 atom stereocenters. The second kappa shape index (κ2) is 6.49. The van der Waals surface area contributed by atoms with Crippen molar-refractivity contribution in [2.24, 2.45) is 0 Å². The third kappa shape index (κ3) is 2.92. The molecule has 5 nitrogen and oxygen atoms in total. The monoisotopic (exact) mass is 336 g/mol. The van der Waals surface area contributed by atoms with E-state index in [1.54, 1.807) is 18.3 Å². The van der Waals surface area contributed by atoms with Gasteiger partial charge in [-0.15, -0.1) is 0 Å². The van der Waals surface area contributed by atoms with Crippen molar-refractivity contribution in [2.45, 2.75) is 12.8 Å². The summed E-state index contributed by atoms with van der Waals surface area (Å²) in [5, 5.41) is 10.1. The first-order valence-electron chi connectivity index (χ1n) is 8.14. The highest BCUT2D eigenvalue weighted by Crippen LogP contribution is 2.34. The van der Waals surface area contributed by atoms with Gasteiger partial charge in [0.2, 0.25) is 0 Å². The van der Waals surface area contributed by atoms with Crippen LogP contribution in [-0.2, 0) is 6.42 Å². The summed E-state index contributed by atoms with van der Waals surface area (Å²) < 4.78 is 13.3. The first-order chi connectivity index (χ1) is 12.3. The van der Waals surface area contributed by atoms with Crippen LogP contribution in [0.1, 0.15) is 12.2 Å². The molecule has 0 spiro atoms. The molecule has 126 valence electrons. The van der Waals surface area contributed by atoms with Gasteiger partial charge in [0.1, 0.15) is 17.3 Å². The number of aliphatic hydroxyl groups excluding tert-OH is 1. The zero-order valence-corrected chi connectivity index (χ0v) is 13.5. The number of rotatable bonds is 5. The van der Waals surface area contributed by atoms with Gasteiger partial charge in [-0.3, -0.25) is 0 Å². The standard InChI is InChI=1S/C19H17FN4O/c20-13-5-3-12(4-6-13)17-18(24-16(23-17)2-1-11-25)14-7-9-21-19-15(14)8-10-22-19/h3-10,25H,1-2,11H2,(H,21,22)(H,23,24). The molecule has 25 heavy (non-hydrogen) atoms. The van der Waals surface area contributed by atoms with Crippen molar-refractivity contribution in [3.63, 3.8) is 0 Å². The lowest BCUT2D eigenvalue weighted by Gasteiger charge is -2.05. The number of halogens is 1. The van der Waals surface area contributed by atoms with Gasteiger partial charge in [-0.2, -0.15) is 0 Å². The van der Waals surface area contributed by atoms with Gasteiger partial charge < -0.3 is 15.1 Å². The van der Waals surface area contributed by atoms with Crippen LogP contribution in [0.4, 0.5) is 4.39 Å². The van der Waals surface area contributed by atoms with E-state index in [-0.39, 0.29) is 12.4 Å². The predicted octanol–water partition coefficient (Wildman–Crippen LogP) is 3.68. The molecule has 0 saturated heterocycles. The summed E-state index contributed by atoms with van der Waals surface area (Å²) in [6.07, 6.45) is 4.87. The number of hydrogen-bond acceptors (Lipinski definition) is 3. The molecule has 0 radical (unpaired) electrons. The fraction of sp³-hybridized carbons (Fsp3) is 0.158. The van der Waals surface area contributed by atoms with Gasteiger partial charge in [0.25, 0.3) is 0 Å². The maximum absolute atomic E-state index is 13.3. The summed E-state index contributed by atoms with van der Waals surface area (Å²) >= 11 is 0. The molecule has 1 aromatic carbocycles. The van der Waals surface area contributed by atoms with Crippen LogP contribution < -0.4 is 0 Å². The topological polar surface area (TPSA) is 77.6 Å². The Hall–Kier alpha value is -2.99. The summed E-state index contributed by atoms with van der Waals surface area (Å²) in [5.41, 5.74) is 4.25. The van der Waals surface area contributed by atoms with Crippen LogP contribution in [0.2, 0.25) is 0 Å². The summed E-state index contributed by atoms with van der Waals surface area (Å²) in [4.78, 5) is 15.5. The number of H-pyrrole nitrogens is 2. The van der Waals surface area contributed by atoms with Crippen molar-refractivity contribution in [3.8, 4) is 22.5 Å². The Morgan fingerprint density at radius 1 is 1.08 bits per heavy atom. The van der Waals surface area contributed by atoms with Gasteiger partial charge in [-0.05, 0) is 42.8 Å². The fourth-order valence-corrected chi connectivity index (χ4v) is 2.98. The zero-order valence-electron chi connectivity index (χ0n) is 13.5. The Bertz CT molecular complexity index is 1000. The molecule has 0 bridgehead atoms. The van der Waals surface area contributed by atoms with Crippen LogP contribution >= 0.6 is 0 Å². The maximum Gasteiger partial charge on any atom is 0.137 e. The van der Waals surface area contributed by atoms with Crippen molar-refractivity contribution in [1.82, 2.24) is 19.9 Å². The Kier molecular flexibility index (Phi) is 4.03. The lowest BCUT2D eigenvalue weighted by molar-refractivity contribution is 0.287. The molecule has 3 aromatic heterocycles. The van der Waals surface area contributed by atoms with Crippen LogP contribution in [0.5, 0.6) is 0 Å². The van der Waals surface area contributed by atoms with Crippen LogP contribution in [-0.4, -0.2) is 31.6 Å². The van der Waals surface area contributed by atoms with Gasteiger partial charge in [-0.25, -0.2) is 14.4 Å². The predicted molar refractivity (Wildman–Crippen MR) is 94.5 cm³/mol. The van der Waals surface area contributed by atoms with E-state index < -0.39 is 0 Å². The fourth-order valence-electron chi connectivity index (χ4n) is 2.98. The highest BCUT2D eigenvalue weighted by Gasteiger charge is 2.16. The van der Waals surface area contributed by atoms with E-state index in [4.69, 9.17) is 10.1 Å². The van der Waals surface area contributed by atoms with Crippen LogP contribution in [0, 0.1) is 5.82 Å². The SMILES string of the molecule is OCCCc1nc(-c2ccc(F)cc2)c(-c2ccnc3[nH]ccc23)[nH]1. The van der Waals surface area contributed by atoms with Crippen LogP contribution in [0.15, 0.2) is 48.8 Å². The van der Waals surface area contributed by atoms with E-state index in [0.717, 1.165) is 39.4 Å². The number of aromatic nitrogens is 4. The summed E-state index contributed by atoms with van der Waals surface area (Å²) in [6, 6.07) is 10.2. The second-order valence-corrected chi connectivity index (χ2v) is 5.84. The Balaban J connectivity index is 1.89. The van der Waals surface area contributed by atoms with E-state index in [1.165, 1.54) is 12.1 Å². The van der Waals surface area contributed by atoms with Gasteiger partial charge in [0, 0.05) is 41.9 Å². The largest absolute Gasteiger partial charge is 0.396 e. The number of aliphatic hydroxyl groups is 1. The van der Waals surface area contributed by atoms with Crippen LogP contribution in [0.3, 0.4) is 0 Å². The molecular weight excluding hydrogens is 319 g/mol. The highest BCUT2D eigenvalue weighted by molar-refractivity contribution is 5.95. The number of nitrogens with zero attached hydrogens (tertiary/aromatic N) is 2. The third-order valence-corrected chi connectivity index (χ3v) is 4.17. The quantitative estimate of drug-likeness (QED) is 0.520. The van der Waals surface area contributed by atoms with Crippen molar-refractivity contribution < 1.29 is 9.50 Å². The second-order valence-electron chi connectivity index (χ2n) is 5.84. The normalized spacial score (nSPS) is 11.3. The van der Waals surface area contributed by atoms with Crippen molar-refractivity contribution in [1.29, 1.82) is 0 Å². The Labute approximate surface area is 143 Å². The minimum Gasteiger partial charge on any atom is -0.396 e. The molecule has 0 amide bonds. The number of fused-ring (bicyclic) bond motifs is 1. The molecule has 0 aliphatic rings. The van der Waals surface area contributed by atoms with Crippen molar-refractivity contribution in [2.75, 3.05) is 6.61 Å². The summed E-state index contributed by atoms with van der Waals surface area (Å²) in [7, 11) is 0. The number of imidazole rings is 1. The molecule has 4 aromatic rings. The average Bonchev–Trinajstić information content (AvgIpc) is 3.27. The molecule has 0 unspecified atom stereocenters. The number of benzene rings is 1. The maximum atomic E-state index is 13.3. The first-order valence-corrected chi connectivity index (χ1v) is 8.14. The zero-order chi connectivity index (χ0) is 17.2. The average molecular weight is 336 g/mol. The van der Waals surface area contributed by atoms with Gasteiger partial charge in [-0.1, -0.05) is 0 Å². The van der Waals surface area contributed by atoms with Crippen molar-refractivity contribution in [3.05, 3.63) is 60.4 Å². The molecule has 0 saturated carbocycles. The third-order valence-electron chi connectivity index (χ3n) is 4.17. The van der Waals surface area contributed by atoms with Gasteiger partial charge >= 0.3 is 0 Å². The van der Waals surface area contributed by atoms with E-state index in [0.29, 0.717) is 12.8 Å². The lowest BCUT2D eigenvalue weighted by atomic mass is 10.0. The number of aromatic amines is 2. The molecule has 3 N–H and O–H groups in total. The smallest absolute Gasteiger partial charge is 0.137 e. The number of nitrogens with one attached hydrogen (secondary N) is 2. The summed E-state index contributed by atoms with van der Waals surface area (Å²) in [5.74, 6) is 0.516. The van der Waals surface area contributed by atoms with Crippen molar-refractivity contribution >= 4 is 11.0 Å². The molecule has 0 fully saturated rings. The minimum absolute atomic E-state index is 0.110. The lowest BCUT2D eigenvalue weighted by Crippen LogP contribution is -1.91. The first kappa shape index (κ1) is 15.5. The summed E-state index contributed by atoms with van der Waals surface area (Å²) in [6.45, 7) is 0.110. The van der Waals surface area contributed by atoms with E-state index in [1.807, 2.05) is 18.3 Å². The molecule has 0 aliphatic heterocycles. The number of aryl methyl sites for hydroxylation is 1. The molecule has 3 heterocycles. The van der Waals surface area contributed by atoms with Gasteiger partial charge in [0.05, 0.1) is 11.4 Å². The number of hydrogen-bond donors (Lipinski definition) is 3. The highest BCUT2D eigenvalue weighted by atomic mass is 19.1. The minimum atomic E-state index is -0.279. The van der Waals surface area contributed by atoms with E-state index in [9.17, 15) is 4.39 Å². The Morgan fingerprint density at radius 2 is 1.92 bits per heavy atom. The molecule has 6 heteroatoms. The Morgan fingerprint density at radius 3 is 2.72 bits per heavy atom. The van der Waals surface area contributed by atoms with E-state index in [2.05, 4.69) is 15.0 Å². The van der Waals surface area contributed by atoms with E-state index >= 15 is 0 Å².